The summed E-state index contributed by atoms with van der Waals surface area (Å²) in [6.07, 6.45) is 2.21. The Balaban J connectivity index is 1.81. The van der Waals surface area contributed by atoms with Crippen molar-refractivity contribution in [2.24, 2.45) is 0 Å². The molecule has 0 aliphatic heterocycles. The lowest BCUT2D eigenvalue weighted by Crippen LogP contribution is -2.25. The summed E-state index contributed by atoms with van der Waals surface area (Å²) < 4.78 is 10.2. The van der Waals surface area contributed by atoms with Crippen LogP contribution >= 0.6 is 0 Å². The van der Waals surface area contributed by atoms with Gasteiger partial charge in [0.1, 0.15) is 0 Å². The number of hydrogen-bond acceptors (Lipinski definition) is 4. The van der Waals surface area contributed by atoms with E-state index in [-0.39, 0.29) is 17.6 Å². The second kappa shape index (κ2) is 8.75. The summed E-state index contributed by atoms with van der Waals surface area (Å²) in [6, 6.07) is 9.91. The maximum atomic E-state index is 11.9. The summed E-state index contributed by atoms with van der Waals surface area (Å²) in [6.45, 7) is 3.81. The van der Waals surface area contributed by atoms with Gasteiger partial charge in [-0.25, -0.2) is 0 Å². The molecule has 2 aromatic rings. The molecule has 2 rings (SSSR count). The highest BCUT2D eigenvalue weighted by Gasteiger charge is 2.09. The summed E-state index contributed by atoms with van der Waals surface area (Å²) in [4.78, 5) is 23.8. The Hall–Kier alpha value is -2.60. The number of rotatable bonds is 8. The third-order valence-corrected chi connectivity index (χ3v) is 3.11. The molecule has 0 saturated heterocycles. The second-order valence-corrected chi connectivity index (χ2v) is 4.82. The summed E-state index contributed by atoms with van der Waals surface area (Å²) in [5.74, 6) is -0.241. The SMILES string of the molecule is CCOCCCNC(=O)c1ccc(NC(=O)c2ccco2)cc1. The standard InChI is InChI=1S/C17H20N2O4/c1-2-22-11-4-10-18-16(20)13-6-8-14(9-7-13)19-17(21)15-5-3-12-23-15/h3,5-9,12H,2,4,10-11H2,1H3,(H,18,20)(H,19,21). The zero-order valence-corrected chi connectivity index (χ0v) is 13.0. The van der Waals surface area contributed by atoms with E-state index in [1.54, 1.807) is 36.4 Å². The molecule has 2 N–H and O–H groups in total. The van der Waals surface area contributed by atoms with Crippen molar-refractivity contribution in [3.8, 4) is 0 Å². The van der Waals surface area contributed by atoms with E-state index < -0.39 is 0 Å². The van der Waals surface area contributed by atoms with Gasteiger partial charge in [-0.2, -0.15) is 0 Å². The summed E-state index contributed by atoms with van der Waals surface area (Å²) in [7, 11) is 0. The molecular weight excluding hydrogens is 296 g/mol. The third-order valence-electron chi connectivity index (χ3n) is 3.11. The van der Waals surface area contributed by atoms with Gasteiger partial charge in [-0.05, 0) is 49.7 Å². The van der Waals surface area contributed by atoms with E-state index in [1.807, 2.05) is 6.92 Å². The van der Waals surface area contributed by atoms with Crippen LogP contribution in [0.15, 0.2) is 47.1 Å². The number of carbonyl (C=O) groups is 2. The Morgan fingerprint density at radius 1 is 1.13 bits per heavy atom. The molecule has 1 aromatic heterocycles. The van der Waals surface area contributed by atoms with Crippen molar-refractivity contribution in [1.82, 2.24) is 5.32 Å². The fraction of sp³-hybridized carbons (Fsp3) is 0.294. The van der Waals surface area contributed by atoms with Gasteiger partial charge in [-0.1, -0.05) is 0 Å². The Morgan fingerprint density at radius 3 is 2.57 bits per heavy atom. The Labute approximate surface area is 134 Å². The number of benzene rings is 1. The largest absolute Gasteiger partial charge is 0.459 e. The Bertz CT molecular complexity index is 621. The van der Waals surface area contributed by atoms with E-state index in [2.05, 4.69) is 10.6 Å². The highest BCUT2D eigenvalue weighted by Crippen LogP contribution is 2.11. The van der Waals surface area contributed by atoms with Gasteiger partial charge >= 0.3 is 0 Å². The fourth-order valence-electron chi connectivity index (χ4n) is 1.93. The first-order chi connectivity index (χ1) is 11.2. The minimum atomic E-state index is -0.330. The van der Waals surface area contributed by atoms with E-state index in [0.29, 0.717) is 31.0 Å². The molecule has 0 atom stereocenters. The van der Waals surface area contributed by atoms with E-state index in [9.17, 15) is 9.59 Å². The normalized spacial score (nSPS) is 10.3. The van der Waals surface area contributed by atoms with Gasteiger partial charge in [0, 0.05) is 31.0 Å². The molecule has 0 unspecified atom stereocenters. The maximum Gasteiger partial charge on any atom is 0.291 e. The van der Waals surface area contributed by atoms with Crippen LogP contribution in [0.5, 0.6) is 0 Å². The first kappa shape index (κ1) is 16.8. The summed E-state index contributed by atoms with van der Waals surface area (Å²) in [5, 5.41) is 5.52. The molecule has 1 heterocycles. The number of amides is 2. The third kappa shape index (κ3) is 5.27. The van der Waals surface area contributed by atoms with E-state index >= 15 is 0 Å². The molecule has 23 heavy (non-hydrogen) atoms. The van der Waals surface area contributed by atoms with Crippen LogP contribution in [0.25, 0.3) is 0 Å². The second-order valence-electron chi connectivity index (χ2n) is 4.82. The molecule has 6 heteroatoms. The predicted molar refractivity (Wildman–Crippen MR) is 86.5 cm³/mol. The maximum absolute atomic E-state index is 11.9. The number of hydrogen-bond donors (Lipinski definition) is 2. The molecule has 0 aliphatic rings. The monoisotopic (exact) mass is 316 g/mol. The number of carbonyl (C=O) groups excluding carboxylic acids is 2. The van der Waals surface area contributed by atoms with Crippen LogP contribution in [-0.4, -0.2) is 31.6 Å². The molecule has 0 saturated carbocycles. The predicted octanol–water partition coefficient (Wildman–Crippen LogP) is 2.69. The Morgan fingerprint density at radius 2 is 1.91 bits per heavy atom. The first-order valence-electron chi connectivity index (χ1n) is 7.51. The van der Waals surface area contributed by atoms with Crippen LogP contribution in [0.4, 0.5) is 5.69 Å². The van der Waals surface area contributed by atoms with Gasteiger partial charge < -0.3 is 19.8 Å². The van der Waals surface area contributed by atoms with Crippen molar-refractivity contribution in [3.63, 3.8) is 0 Å². The molecule has 0 aliphatic carbocycles. The van der Waals surface area contributed by atoms with Gasteiger partial charge in [-0.3, -0.25) is 9.59 Å². The van der Waals surface area contributed by atoms with Crippen LogP contribution < -0.4 is 10.6 Å². The van der Waals surface area contributed by atoms with E-state index in [0.717, 1.165) is 6.42 Å². The van der Waals surface area contributed by atoms with Crippen molar-refractivity contribution < 1.29 is 18.7 Å². The van der Waals surface area contributed by atoms with Crippen molar-refractivity contribution >= 4 is 17.5 Å². The first-order valence-corrected chi connectivity index (χ1v) is 7.51. The number of anilines is 1. The highest BCUT2D eigenvalue weighted by molar-refractivity contribution is 6.02. The van der Waals surface area contributed by atoms with Gasteiger partial charge in [-0.15, -0.1) is 0 Å². The molecule has 0 radical (unpaired) electrons. The number of nitrogens with one attached hydrogen (secondary N) is 2. The zero-order valence-electron chi connectivity index (χ0n) is 13.0. The highest BCUT2D eigenvalue weighted by atomic mass is 16.5. The minimum absolute atomic E-state index is 0.148. The molecule has 0 spiro atoms. The van der Waals surface area contributed by atoms with Crippen molar-refractivity contribution in [3.05, 3.63) is 54.0 Å². The smallest absolute Gasteiger partial charge is 0.291 e. The molecule has 2 amide bonds. The van der Waals surface area contributed by atoms with E-state index in [1.165, 1.54) is 6.26 Å². The zero-order chi connectivity index (χ0) is 16.5. The van der Waals surface area contributed by atoms with Crippen LogP contribution in [0, 0.1) is 0 Å². The summed E-state index contributed by atoms with van der Waals surface area (Å²) in [5.41, 5.74) is 1.14. The van der Waals surface area contributed by atoms with Gasteiger partial charge in [0.15, 0.2) is 5.76 Å². The fourth-order valence-corrected chi connectivity index (χ4v) is 1.93. The van der Waals surface area contributed by atoms with Crippen LogP contribution in [0.2, 0.25) is 0 Å². The van der Waals surface area contributed by atoms with Crippen molar-refractivity contribution in [2.75, 3.05) is 25.1 Å². The van der Waals surface area contributed by atoms with Crippen molar-refractivity contribution in [2.45, 2.75) is 13.3 Å². The van der Waals surface area contributed by atoms with Crippen LogP contribution in [0.1, 0.15) is 34.3 Å². The summed E-state index contributed by atoms with van der Waals surface area (Å²) >= 11 is 0. The quantitative estimate of drug-likeness (QED) is 0.734. The molecule has 0 fully saturated rings. The van der Waals surface area contributed by atoms with Crippen LogP contribution in [-0.2, 0) is 4.74 Å². The average Bonchev–Trinajstić information content (AvgIpc) is 3.10. The Kier molecular flexibility index (Phi) is 6.38. The van der Waals surface area contributed by atoms with Gasteiger partial charge in [0.05, 0.1) is 6.26 Å². The average molecular weight is 316 g/mol. The molecule has 122 valence electrons. The van der Waals surface area contributed by atoms with E-state index in [4.69, 9.17) is 9.15 Å². The minimum Gasteiger partial charge on any atom is -0.459 e. The van der Waals surface area contributed by atoms with Crippen LogP contribution in [0.3, 0.4) is 0 Å². The lowest BCUT2D eigenvalue weighted by atomic mass is 10.2. The topological polar surface area (TPSA) is 80.6 Å². The molecular formula is C17H20N2O4. The molecule has 0 bridgehead atoms. The lowest BCUT2D eigenvalue weighted by molar-refractivity contribution is 0.0943. The number of furan rings is 1. The molecule has 1 aromatic carbocycles. The van der Waals surface area contributed by atoms with Gasteiger partial charge in [0.25, 0.3) is 11.8 Å². The van der Waals surface area contributed by atoms with Crippen molar-refractivity contribution in [1.29, 1.82) is 0 Å². The van der Waals surface area contributed by atoms with Gasteiger partial charge in [0.2, 0.25) is 0 Å². The lowest BCUT2D eigenvalue weighted by Gasteiger charge is -2.07. The molecule has 6 nitrogen and oxygen atoms in total. The number of ether oxygens (including phenoxy) is 1.